The lowest BCUT2D eigenvalue weighted by molar-refractivity contribution is 0.102. The van der Waals surface area contributed by atoms with Crippen LogP contribution in [0.2, 0.25) is 0 Å². The highest BCUT2D eigenvalue weighted by Crippen LogP contribution is 2.28. The van der Waals surface area contributed by atoms with E-state index >= 15 is 0 Å². The van der Waals surface area contributed by atoms with Gasteiger partial charge in [0.1, 0.15) is 11.3 Å². The molecule has 1 N–H and O–H groups in total. The summed E-state index contributed by atoms with van der Waals surface area (Å²) < 4.78 is 11.7. The van der Waals surface area contributed by atoms with Gasteiger partial charge >= 0.3 is 0 Å². The van der Waals surface area contributed by atoms with Crippen molar-refractivity contribution in [3.8, 4) is 28.3 Å². The van der Waals surface area contributed by atoms with E-state index in [4.69, 9.17) is 9.15 Å². The molecule has 0 aliphatic rings. The van der Waals surface area contributed by atoms with E-state index in [0.717, 1.165) is 28.9 Å². The van der Waals surface area contributed by atoms with Crippen LogP contribution in [-0.4, -0.2) is 17.0 Å². The van der Waals surface area contributed by atoms with Gasteiger partial charge in [-0.1, -0.05) is 49.4 Å². The highest BCUT2D eigenvalue weighted by atomic mass is 16.5. The molecule has 0 fully saturated rings. The van der Waals surface area contributed by atoms with Gasteiger partial charge in [0.2, 0.25) is 5.89 Å². The second-order valence-corrected chi connectivity index (χ2v) is 8.46. The Balaban J connectivity index is 1.30. The van der Waals surface area contributed by atoms with E-state index in [9.17, 15) is 4.79 Å². The summed E-state index contributed by atoms with van der Waals surface area (Å²) in [6.07, 6.45) is 1.06. The number of aromatic nitrogens is 1. The maximum Gasteiger partial charge on any atom is 0.255 e. The van der Waals surface area contributed by atoms with Crippen molar-refractivity contribution in [3.63, 3.8) is 0 Å². The molecule has 5 aromatic rings. The number of hydrogen-bond donors (Lipinski definition) is 1. The summed E-state index contributed by atoms with van der Waals surface area (Å²) in [7, 11) is 0. The Kier molecular flexibility index (Phi) is 6.31. The number of benzene rings is 4. The van der Waals surface area contributed by atoms with Gasteiger partial charge < -0.3 is 14.5 Å². The van der Waals surface area contributed by atoms with E-state index in [-0.39, 0.29) is 12.0 Å². The highest BCUT2D eigenvalue weighted by Gasteiger charge is 2.12. The van der Waals surface area contributed by atoms with E-state index in [0.29, 0.717) is 28.2 Å². The Morgan fingerprint density at radius 3 is 2.29 bits per heavy atom. The number of nitrogens with zero attached hydrogens (tertiary/aromatic N) is 1. The van der Waals surface area contributed by atoms with Crippen LogP contribution in [0.3, 0.4) is 0 Å². The van der Waals surface area contributed by atoms with Crippen LogP contribution < -0.4 is 10.1 Å². The summed E-state index contributed by atoms with van der Waals surface area (Å²) >= 11 is 0. The molecule has 35 heavy (non-hydrogen) atoms. The second kappa shape index (κ2) is 9.85. The van der Waals surface area contributed by atoms with Crippen LogP contribution in [0.1, 0.15) is 30.6 Å². The lowest BCUT2D eigenvalue weighted by atomic mass is 10.0. The summed E-state index contributed by atoms with van der Waals surface area (Å²) in [6.45, 7) is 4.09. The van der Waals surface area contributed by atoms with Gasteiger partial charge in [-0.2, -0.15) is 0 Å². The van der Waals surface area contributed by atoms with Crippen LogP contribution in [0.25, 0.3) is 33.7 Å². The molecule has 0 bridgehead atoms. The molecule has 5 rings (SSSR count). The maximum absolute atomic E-state index is 12.7. The maximum atomic E-state index is 12.7. The molecule has 1 atom stereocenters. The van der Waals surface area contributed by atoms with E-state index in [1.54, 1.807) is 12.1 Å². The van der Waals surface area contributed by atoms with Crippen molar-refractivity contribution in [2.45, 2.75) is 26.4 Å². The number of oxazole rings is 1. The van der Waals surface area contributed by atoms with Crippen molar-refractivity contribution in [3.05, 3.63) is 103 Å². The molecule has 4 aromatic carbocycles. The molecule has 1 amide bonds. The number of ether oxygens (including phenoxy) is 1. The van der Waals surface area contributed by atoms with Gasteiger partial charge in [-0.15, -0.1) is 0 Å². The Bertz CT molecular complexity index is 1440. The Morgan fingerprint density at radius 2 is 1.57 bits per heavy atom. The molecule has 0 saturated heterocycles. The summed E-state index contributed by atoms with van der Waals surface area (Å²) in [5.41, 5.74) is 5.75. The molecular formula is C30H26N2O3. The molecule has 0 spiro atoms. The zero-order valence-electron chi connectivity index (χ0n) is 19.7. The first-order valence-electron chi connectivity index (χ1n) is 11.7. The molecular weight excluding hydrogens is 436 g/mol. The fourth-order valence-electron chi connectivity index (χ4n) is 3.77. The number of anilines is 1. The summed E-state index contributed by atoms with van der Waals surface area (Å²) in [6, 6.07) is 31.0. The van der Waals surface area contributed by atoms with Crippen LogP contribution in [-0.2, 0) is 0 Å². The molecule has 5 heteroatoms. The van der Waals surface area contributed by atoms with Crippen molar-refractivity contribution in [1.82, 2.24) is 4.98 Å². The smallest absolute Gasteiger partial charge is 0.255 e. The average molecular weight is 463 g/mol. The molecule has 0 aliphatic carbocycles. The summed E-state index contributed by atoms with van der Waals surface area (Å²) in [5, 5.41) is 2.94. The standard InChI is InChI=1S/C30H26N2O3/c1-3-20(2)34-26-16-13-23(14-17-26)29(33)31-25-15-18-28-27(19-25)32-30(35-28)24-11-9-22(10-12-24)21-7-5-4-6-8-21/h4-20H,3H2,1-2H3,(H,31,33). The predicted octanol–water partition coefficient (Wildman–Crippen LogP) is 7.59. The van der Waals surface area contributed by atoms with E-state index in [1.165, 1.54) is 0 Å². The number of hydrogen-bond acceptors (Lipinski definition) is 4. The molecule has 1 unspecified atom stereocenters. The SMILES string of the molecule is CCC(C)Oc1ccc(C(=O)Nc2ccc3oc(-c4ccc(-c5ccccc5)cc4)nc3c2)cc1. The monoisotopic (exact) mass is 462 g/mol. The second-order valence-electron chi connectivity index (χ2n) is 8.46. The number of carbonyl (C=O) groups is 1. The molecule has 0 radical (unpaired) electrons. The van der Waals surface area contributed by atoms with Gasteiger partial charge in [0.15, 0.2) is 5.58 Å². The largest absolute Gasteiger partial charge is 0.491 e. The van der Waals surface area contributed by atoms with Gasteiger partial charge in [-0.3, -0.25) is 4.79 Å². The van der Waals surface area contributed by atoms with Gasteiger partial charge in [-0.25, -0.2) is 4.98 Å². The summed E-state index contributed by atoms with van der Waals surface area (Å²) in [5.74, 6) is 1.10. The first kappa shape index (κ1) is 22.4. The normalized spacial score (nSPS) is 11.8. The first-order chi connectivity index (χ1) is 17.1. The predicted molar refractivity (Wildman–Crippen MR) is 140 cm³/mol. The third kappa shape index (κ3) is 5.09. The Morgan fingerprint density at radius 1 is 0.886 bits per heavy atom. The molecule has 174 valence electrons. The summed E-state index contributed by atoms with van der Waals surface area (Å²) in [4.78, 5) is 17.4. The number of carbonyl (C=O) groups excluding carboxylic acids is 1. The van der Waals surface area contributed by atoms with Crippen molar-refractivity contribution < 1.29 is 13.9 Å². The fourth-order valence-corrected chi connectivity index (χ4v) is 3.77. The molecule has 5 nitrogen and oxygen atoms in total. The quantitative estimate of drug-likeness (QED) is 0.271. The van der Waals surface area contributed by atoms with Crippen LogP contribution >= 0.6 is 0 Å². The number of fused-ring (bicyclic) bond motifs is 1. The van der Waals surface area contributed by atoms with Crippen molar-refractivity contribution in [1.29, 1.82) is 0 Å². The third-order valence-electron chi connectivity index (χ3n) is 5.91. The zero-order valence-corrected chi connectivity index (χ0v) is 19.7. The number of nitrogens with one attached hydrogen (secondary N) is 1. The molecule has 1 heterocycles. The van der Waals surface area contributed by atoms with E-state index in [1.807, 2.05) is 67.6 Å². The van der Waals surface area contributed by atoms with Crippen LogP contribution in [0.5, 0.6) is 5.75 Å². The zero-order chi connectivity index (χ0) is 24.2. The van der Waals surface area contributed by atoms with Gasteiger partial charge in [0.25, 0.3) is 5.91 Å². The first-order valence-corrected chi connectivity index (χ1v) is 11.7. The Labute approximate surface area is 204 Å². The lowest BCUT2D eigenvalue weighted by Gasteiger charge is -2.12. The fraction of sp³-hybridized carbons (Fsp3) is 0.133. The third-order valence-corrected chi connectivity index (χ3v) is 5.91. The van der Waals surface area contributed by atoms with Crippen LogP contribution in [0.15, 0.2) is 101 Å². The average Bonchev–Trinajstić information content (AvgIpc) is 3.33. The van der Waals surface area contributed by atoms with Crippen LogP contribution in [0, 0.1) is 0 Å². The van der Waals surface area contributed by atoms with Crippen molar-refractivity contribution >= 4 is 22.7 Å². The molecule has 0 aliphatic heterocycles. The molecule has 0 saturated carbocycles. The van der Waals surface area contributed by atoms with E-state index in [2.05, 4.69) is 41.5 Å². The Hall–Kier alpha value is -4.38. The van der Waals surface area contributed by atoms with Crippen LogP contribution in [0.4, 0.5) is 5.69 Å². The topological polar surface area (TPSA) is 64.4 Å². The lowest BCUT2D eigenvalue weighted by Crippen LogP contribution is -2.12. The van der Waals surface area contributed by atoms with Gasteiger partial charge in [0, 0.05) is 16.8 Å². The minimum atomic E-state index is -0.195. The van der Waals surface area contributed by atoms with E-state index < -0.39 is 0 Å². The van der Waals surface area contributed by atoms with Crippen molar-refractivity contribution in [2.24, 2.45) is 0 Å². The van der Waals surface area contributed by atoms with Crippen molar-refractivity contribution in [2.75, 3.05) is 5.32 Å². The minimum Gasteiger partial charge on any atom is -0.491 e. The number of rotatable bonds is 7. The number of amides is 1. The van der Waals surface area contributed by atoms with Gasteiger partial charge in [-0.05, 0) is 79.1 Å². The minimum absolute atomic E-state index is 0.135. The highest BCUT2D eigenvalue weighted by molar-refractivity contribution is 6.05. The van der Waals surface area contributed by atoms with Gasteiger partial charge in [0.05, 0.1) is 6.10 Å². The molecule has 1 aromatic heterocycles.